The summed E-state index contributed by atoms with van der Waals surface area (Å²) in [7, 11) is 0. The number of benzene rings is 2. The van der Waals surface area contributed by atoms with Gasteiger partial charge in [0.15, 0.2) is 0 Å². The van der Waals surface area contributed by atoms with Crippen LogP contribution < -0.4 is 10.6 Å². The minimum Gasteiger partial charge on any atom is -0.348 e. The first-order valence-corrected chi connectivity index (χ1v) is 9.49. The summed E-state index contributed by atoms with van der Waals surface area (Å²) in [5.74, 6) is -0.840. The highest BCUT2D eigenvalue weighted by molar-refractivity contribution is 6.30. The van der Waals surface area contributed by atoms with Crippen molar-refractivity contribution in [3.63, 3.8) is 0 Å². The summed E-state index contributed by atoms with van der Waals surface area (Å²) in [5.41, 5.74) is 0.392. The Labute approximate surface area is 168 Å². The number of hydrogen-bond donors (Lipinski definition) is 2. The van der Waals surface area contributed by atoms with Gasteiger partial charge in [-0.2, -0.15) is 0 Å². The second-order valence-electron chi connectivity index (χ2n) is 6.79. The third kappa shape index (κ3) is 3.73. The molecule has 1 aliphatic heterocycles. The highest BCUT2D eigenvalue weighted by Gasteiger charge is 2.51. The average molecular weight is 400 g/mol. The quantitative estimate of drug-likeness (QED) is 0.731. The molecule has 0 aromatic heterocycles. The molecule has 28 heavy (non-hydrogen) atoms. The number of carbonyl (C=O) groups excluding carboxylic acids is 3. The number of urea groups is 1. The number of nitrogens with zero attached hydrogens (tertiary/aromatic N) is 1. The molecule has 2 aromatic rings. The van der Waals surface area contributed by atoms with Crippen LogP contribution in [-0.2, 0) is 15.1 Å². The Morgan fingerprint density at radius 1 is 1.14 bits per heavy atom. The molecular formula is C21H22ClN3O3. The predicted molar refractivity (Wildman–Crippen MR) is 107 cm³/mol. The van der Waals surface area contributed by atoms with Gasteiger partial charge in [0.05, 0.1) is 6.04 Å². The van der Waals surface area contributed by atoms with Gasteiger partial charge in [0.2, 0.25) is 5.91 Å². The van der Waals surface area contributed by atoms with E-state index in [1.165, 1.54) is 0 Å². The van der Waals surface area contributed by atoms with E-state index >= 15 is 0 Å². The van der Waals surface area contributed by atoms with E-state index in [2.05, 4.69) is 10.6 Å². The lowest BCUT2D eigenvalue weighted by Crippen LogP contribution is -2.45. The van der Waals surface area contributed by atoms with Crippen molar-refractivity contribution in [1.29, 1.82) is 0 Å². The number of hydrogen-bond acceptors (Lipinski definition) is 3. The molecule has 146 valence electrons. The Bertz CT molecular complexity index is 886. The van der Waals surface area contributed by atoms with Crippen molar-refractivity contribution >= 4 is 29.4 Å². The van der Waals surface area contributed by atoms with Gasteiger partial charge < -0.3 is 10.6 Å². The van der Waals surface area contributed by atoms with E-state index in [4.69, 9.17) is 11.6 Å². The summed E-state index contributed by atoms with van der Waals surface area (Å²) in [6.45, 7) is 3.33. The Kier molecular flexibility index (Phi) is 5.70. The molecule has 0 saturated carbocycles. The maximum Gasteiger partial charge on any atom is 0.325 e. The molecule has 1 fully saturated rings. The molecule has 0 bridgehead atoms. The van der Waals surface area contributed by atoms with Crippen LogP contribution in [0.5, 0.6) is 0 Å². The van der Waals surface area contributed by atoms with Gasteiger partial charge >= 0.3 is 6.03 Å². The summed E-state index contributed by atoms with van der Waals surface area (Å²) in [5, 5.41) is 6.12. The maximum absolute atomic E-state index is 13.1. The van der Waals surface area contributed by atoms with Crippen molar-refractivity contribution in [1.82, 2.24) is 15.5 Å². The molecule has 3 rings (SSSR count). The van der Waals surface area contributed by atoms with Gasteiger partial charge in [-0.3, -0.25) is 14.5 Å². The Hall–Kier alpha value is -2.86. The molecule has 2 aromatic carbocycles. The predicted octanol–water partition coefficient (Wildman–Crippen LogP) is 3.37. The second kappa shape index (κ2) is 8.02. The highest BCUT2D eigenvalue weighted by Crippen LogP contribution is 2.33. The number of rotatable bonds is 6. The molecule has 2 unspecified atom stereocenters. The number of nitrogens with one attached hydrogen (secondary N) is 2. The van der Waals surface area contributed by atoms with Gasteiger partial charge in [0.1, 0.15) is 12.1 Å². The largest absolute Gasteiger partial charge is 0.348 e. The van der Waals surface area contributed by atoms with Crippen LogP contribution >= 0.6 is 11.6 Å². The minimum atomic E-state index is -1.19. The Balaban J connectivity index is 1.74. The molecule has 0 radical (unpaired) electrons. The van der Waals surface area contributed by atoms with E-state index in [-0.39, 0.29) is 12.6 Å². The number of carbonyl (C=O) groups is 3. The van der Waals surface area contributed by atoms with Gasteiger partial charge in [-0.05, 0) is 36.6 Å². The van der Waals surface area contributed by atoms with E-state index in [1.54, 1.807) is 24.3 Å². The second-order valence-corrected chi connectivity index (χ2v) is 7.22. The molecule has 2 atom stereocenters. The summed E-state index contributed by atoms with van der Waals surface area (Å²) >= 11 is 5.93. The Morgan fingerprint density at radius 3 is 2.39 bits per heavy atom. The van der Waals surface area contributed by atoms with Gasteiger partial charge in [-0.25, -0.2) is 4.79 Å². The van der Waals surface area contributed by atoms with Crippen molar-refractivity contribution in [2.24, 2.45) is 0 Å². The molecule has 7 heteroatoms. The van der Waals surface area contributed by atoms with Crippen molar-refractivity contribution in [3.05, 3.63) is 70.7 Å². The first kappa shape index (κ1) is 19.9. The fraction of sp³-hybridized carbons (Fsp3) is 0.286. The van der Waals surface area contributed by atoms with Crippen LogP contribution in [0.25, 0.3) is 0 Å². The number of amides is 4. The lowest BCUT2D eigenvalue weighted by molar-refractivity contribution is -0.135. The third-order valence-electron chi connectivity index (χ3n) is 5.02. The zero-order chi connectivity index (χ0) is 20.3. The molecule has 0 aliphatic carbocycles. The summed E-state index contributed by atoms with van der Waals surface area (Å²) in [6, 6.07) is 15.4. The first-order chi connectivity index (χ1) is 13.4. The van der Waals surface area contributed by atoms with Crippen LogP contribution in [0.2, 0.25) is 5.02 Å². The van der Waals surface area contributed by atoms with E-state index in [0.29, 0.717) is 17.0 Å². The topological polar surface area (TPSA) is 78.5 Å². The first-order valence-electron chi connectivity index (χ1n) is 9.12. The minimum absolute atomic E-state index is 0.235. The van der Waals surface area contributed by atoms with Crippen LogP contribution in [0.15, 0.2) is 54.6 Å². The monoisotopic (exact) mass is 399 g/mol. The highest BCUT2D eigenvalue weighted by atomic mass is 35.5. The van der Waals surface area contributed by atoms with Gasteiger partial charge in [-0.15, -0.1) is 0 Å². The fourth-order valence-corrected chi connectivity index (χ4v) is 3.53. The van der Waals surface area contributed by atoms with Crippen LogP contribution in [-0.4, -0.2) is 29.3 Å². The number of halogens is 1. The standard InChI is InChI=1S/C21H22ClN3O3/c1-3-21(16-9-11-17(22)12-10-16)19(27)25(20(28)24-21)13-18(26)23-14(2)15-7-5-4-6-8-15/h4-12,14H,3,13H2,1-2H3,(H,23,26)(H,24,28). The third-order valence-corrected chi connectivity index (χ3v) is 5.27. The van der Waals surface area contributed by atoms with E-state index in [9.17, 15) is 14.4 Å². The van der Waals surface area contributed by atoms with E-state index in [0.717, 1.165) is 10.5 Å². The van der Waals surface area contributed by atoms with Crippen LogP contribution in [0.1, 0.15) is 37.4 Å². The zero-order valence-corrected chi connectivity index (χ0v) is 16.5. The summed E-state index contributed by atoms with van der Waals surface area (Å²) in [4.78, 5) is 39.0. The van der Waals surface area contributed by atoms with E-state index < -0.39 is 23.4 Å². The van der Waals surface area contributed by atoms with Crippen molar-refractivity contribution in [2.75, 3.05) is 6.54 Å². The zero-order valence-electron chi connectivity index (χ0n) is 15.7. The van der Waals surface area contributed by atoms with Crippen molar-refractivity contribution < 1.29 is 14.4 Å². The average Bonchev–Trinajstić information content (AvgIpc) is 2.94. The molecule has 2 N–H and O–H groups in total. The van der Waals surface area contributed by atoms with Gasteiger partial charge in [0.25, 0.3) is 5.91 Å². The molecule has 1 aliphatic rings. The number of imide groups is 1. The molecule has 6 nitrogen and oxygen atoms in total. The van der Waals surface area contributed by atoms with Crippen LogP contribution in [0, 0.1) is 0 Å². The molecule has 1 saturated heterocycles. The fourth-order valence-electron chi connectivity index (χ4n) is 3.40. The summed E-state index contributed by atoms with van der Waals surface area (Å²) in [6.07, 6.45) is 0.359. The Morgan fingerprint density at radius 2 is 1.79 bits per heavy atom. The lowest BCUT2D eigenvalue weighted by atomic mass is 9.87. The lowest BCUT2D eigenvalue weighted by Gasteiger charge is -2.26. The molecule has 1 heterocycles. The van der Waals surface area contributed by atoms with Gasteiger partial charge in [-0.1, -0.05) is 61.0 Å². The van der Waals surface area contributed by atoms with Gasteiger partial charge in [0, 0.05) is 5.02 Å². The summed E-state index contributed by atoms with van der Waals surface area (Å²) < 4.78 is 0. The SMILES string of the molecule is CCC1(c2ccc(Cl)cc2)NC(=O)N(CC(=O)NC(C)c2ccccc2)C1=O. The van der Waals surface area contributed by atoms with Crippen LogP contribution in [0.4, 0.5) is 4.79 Å². The van der Waals surface area contributed by atoms with Crippen molar-refractivity contribution in [3.8, 4) is 0 Å². The normalized spacial score (nSPS) is 20.0. The molecular weight excluding hydrogens is 378 g/mol. The molecule has 4 amide bonds. The maximum atomic E-state index is 13.1. The smallest absolute Gasteiger partial charge is 0.325 e. The van der Waals surface area contributed by atoms with Crippen LogP contribution in [0.3, 0.4) is 0 Å². The van der Waals surface area contributed by atoms with Crippen molar-refractivity contribution in [2.45, 2.75) is 31.8 Å². The molecule has 0 spiro atoms. The van der Waals surface area contributed by atoms with E-state index in [1.807, 2.05) is 44.2 Å².